The van der Waals surface area contributed by atoms with Gasteiger partial charge in [0.2, 0.25) is 0 Å². The minimum Gasteiger partial charge on any atom is -0.0622 e. The Morgan fingerprint density at radius 2 is 1.00 bits per heavy atom. The lowest BCUT2D eigenvalue weighted by Gasteiger charge is -2.07. The van der Waals surface area contributed by atoms with E-state index in [0.29, 0.717) is 0 Å². The predicted octanol–water partition coefficient (Wildman–Crippen LogP) is 5.83. The molecule has 22 heavy (non-hydrogen) atoms. The number of allylic oxidation sites excluding steroid dienone is 2. The highest BCUT2D eigenvalue weighted by Crippen LogP contribution is 2.23. The van der Waals surface area contributed by atoms with Gasteiger partial charge in [0.25, 0.3) is 0 Å². The van der Waals surface area contributed by atoms with E-state index in [1.807, 2.05) is 18.2 Å². The Bertz CT molecular complexity index is 709. The zero-order valence-electron chi connectivity index (χ0n) is 12.4. The van der Waals surface area contributed by atoms with Crippen molar-refractivity contribution in [3.8, 4) is 0 Å². The fraction of sp³-hybridized carbons (Fsp3) is 0. The summed E-state index contributed by atoms with van der Waals surface area (Å²) in [6, 6.07) is 31.3. The number of benzene rings is 3. The molecule has 0 unspecified atom stereocenters. The lowest BCUT2D eigenvalue weighted by atomic mass is 9.97. The molecule has 3 rings (SSSR count). The van der Waals surface area contributed by atoms with Crippen molar-refractivity contribution in [3.05, 3.63) is 120 Å². The van der Waals surface area contributed by atoms with E-state index in [9.17, 15) is 0 Å². The molecule has 0 nitrogen and oxygen atoms in total. The molecule has 0 spiro atoms. The van der Waals surface area contributed by atoms with Gasteiger partial charge in [-0.2, -0.15) is 0 Å². The average Bonchev–Trinajstić information content (AvgIpc) is 2.61. The molecule has 0 aromatic heterocycles. The van der Waals surface area contributed by atoms with E-state index in [0.717, 1.165) is 0 Å². The lowest BCUT2D eigenvalue weighted by Crippen LogP contribution is -1.86. The summed E-state index contributed by atoms with van der Waals surface area (Å²) >= 11 is 0. The minimum atomic E-state index is 1.21. The molecule has 0 N–H and O–H groups in total. The van der Waals surface area contributed by atoms with Gasteiger partial charge in [-0.1, -0.05) is 109 Å². The smallest absolute Gasteiger partial charge is 0.0111 e. The Morgan fingerprint density at radius 3 is 1.50 bits per heavy atom. The van der Waals surface area contributed by atoms with Crippen LogP contribution in [0, 0.1) is 0 Å². The van der Waals surface area contributed by atoms with Crippen molar-refractivity contribution in [2.45, 2.75) is 0 Å². The second kappa shape index (κ2) is 7.24. The van der Waals surface area contributed by atoms with Gasteiger partial charge in [-0.05, 0) is 22.3 Å². The first-order valence-corrected chi connectivity index (χ1v) is 7.48. The molecule has 0 heterocycles. The fourth-order valence-corrected chi connectivity index (χ4v) is 2.41. The van der Waals surface area contributed by atoms with E-state index in [2.05, 4.69) is 91.0 Å². The van der Waals surface area contributed by atoms with Crippen molar-refractivity contribution in [1.29, 1.82) is 0 Å². The first-order valence-electron chi connectivity index (χ1n) is 7.48. The number of hydrogen-bond donors (Lipinski definition) is 0. The number of hydrogen-bond acceptors (Lipinski definition) is 0. The summed E-state index contributed by atoms with van der Waals surface area (Å²) in [4.78, 5) is 0. The SMILES string of the molecule is C(=Cc1ccccc1)C=C(c1ccccc1)c1ccccc1. The van der Waals surface area contributed by atoms with Gasteiger partial charge in [-0.3, -0.25) is 0 Å². The molecule has 0 bridgehead atoms. The van der Waals surface area contributed by atoms with Crippen molar-refractivity contribution in [1.82, 2.24) is 0 Å². The summed E-state index contributed by atoms with van der Waals surface area (Å²) in [5, 5.41) is 0. The van der Waals surface area contributed by atoms with Gasteiger partial charge in [0, 0.05) is 0 Å². The van der Waals surface area contributed by atoms with E-state index in [1.165, 1.54) is 22.3 Å². The third-order valence-electron chi connectivity index (χ3n) is 3.52. The molecule has 0 saturated carbocycles. The molecule has 0 aliphatic rings. The van der Waals surface area contributed by atoms with Crippen LogP contribution in [0.4, 0.5) is 0 Å². The molecule has 0 radical (unpaired) electrons. The van der Waals surface area contributed by atoms with Crippen molar-refractivity contribution in [2.24, 2.45) is 0 Å². The van der Waals surface area contributed by atoms with Crippen LogP contribution in [-0.2, 0) is 0 Å². The first-order chi connectivity index (χ1) is 10.9. The van der Waals surface area contributed by atoms with Gasteiger partial charge in [0.1, 0.15) is 0 Å². The largest absolute Gasteiger partial charge is 0.0622 e. The average molecular weight is 282 g/mol. The predicted molar refractivity (Wildman–Crippen MR) is 95.4 cm³/mol. The maximum atomic E-state index is 2.18. The minimum absolute atomic E-state index is 1.21. The van der Waals surface area contributed by atoms with Gasteiger partial charge in [0.15, 0.2) is 0 Å². The summed E-state index contributed by atoms with van der Waals surface area (Å²) in [5.74, 6) is 0. The van der Waals surface area contributed by atoms with E-state index in [4.69, 9.17) is 0 Å². The summed E-state index contributed by atoms with van der Waals surface area (Å²) in [7, 11) is 0. The zero-order chi connectivity index (χ0) is 15.0. The van der Waals surface area contributed by atoms with Crippen LogP contribution in [0.15, 0.2) is 103 Å². The van der Waals surface area contributed by atoms with Crippen LogP contribution in [0.1, 0.15) is 16.7 Å². The fourth-order valence-electron chi connectivity index (χ4n) is 2.41. The Kier molecular flexibility index (Phi) is 4.63. The molecule has 0 amide bonds. The van der Waals surface area contributed by atoms with Gasteiger partial charge < -0.3 is 0 Å². The van der Waals surface area contributed by atoms with Gasteiger partial charge in [0.05, 0.1) is 0 Å². The van der Waals surface area contributed by atoms with E-state index >= 15 is 0 Å². The van der Waals surface area contributed by atoms with Gasteiger partial charge in [-0.25, -0.2) is 0 Å². The molecular formula is C22H18. The van der Waals surface area contributed by atoms with Gasteiger partial charge >= 0.3 is 0 Å². The summed E-state index contributed by atoms with van der Waals surface area (Å²) in [6.45, 7) is 0. The van der Waals surface area contributed by atoms with Crippen LogP contribution in [0.25, 0.3) is 11.6 Å². The van der Waals surface area contributed by atoms with Crippen LogP contribution < -0.4 is 0 Å². The van der Waals surface area contributed by atoms with E-state index in [1.54, 1.807) is 0 Å². The van der Waals surface area contributed by atoms with Gasteiger partial charge in [-0.15, -0.1) is 0 Å². The van der Waals surface area contributed by atoms with E-state index in [-0.39, 0.29) is 0 Å². The Labute approximate surface area is 132 Å². The Morgan fingerprint density at radius 1 is 0.545 bits per heavy atom. The summed E-state index contributed by atoms with van der Waals surface area (Å²) in [5.41, 5.74) is 4.89. The van der Waals surface area contributed by atoms with E-state index < -0.39 is 0 Å². The van der Waals surface area contributed by atoms with Crippen LogP contribution >= 0.6 is 0 Å². The van der Waals surface area contributed by atoms with Crippen molar-refractivity contribution < 1.29 is 0 Å². The zero-order valence-corrected chi connectivity index (χ0v) is 12.4. The lowest BCUT2D eigenvalue weighted by molar-refractivity contribution is 1.55. The van der Waals surface area contributed by atoms with Crippen molar-refractivity contribution in [2.75, 3.05) is 0 Å². The third-order valence-corrected chi connectivity index (χ3v) is 3.52. The van der Waals surface area contributed by atoms with Crippen LogP contribution in [0.2, 0.25) is 0 Å². The maximum absolute atomic E-state index is 2.18. The standard InChI is InChI=1S/C22H18/c1-4-11-19(12-5-1)13-10-18-22(20-14-6-2-7-15-20)21-16-8-3-9-17-21/h1-18H. The Balaban J connectivity index is 1.96. The molecule has 0 aliphatic carbocycles. The quantitative estimate of drug-likeness (QED) is 0.528. The summed E-state index contributed by atoms with van der Waals surface area (Å²) < 4.78 is 0. The first kappa shape index (κ1) is 14.1. The molecule has 3 aromatic rings. The summed E-state index contributed by atoms with van der Waals surface area (Å²) in [6.07, 6.45) is 6.42. The highest BCUT2D eigenvalue weighted by Gasteiger charge is 2.02. The highest BCUT2D eigenvalue weighted by molar-refractivity contribution is 5.81. The Hall–Kier alpha value is -2.86. The second-order valence-electron chi connectivity index (χ2n) is 5.08. The number of rotatable bonds is 4. The normalized spacial score (nSPS) is 10.5. The molecule has 0 fully saturated rings. The topological polar surface area (TPSA) is 0 Å². The van der Waals surface area contributed by atoms with Crippen molar-refractivity contribution in [3.63, 3.8) is 0 Å². The molecular weight excluding hydrogens is 264 g/mol. The monoisotopic (exact) mass is 282 g/mol. The highest BCUT2D eigenvalue weighted by atomic mass is 14.1. The molecule has 106 valence electrons. The third kappa shape index (κ3) is 3.62. The molecule has 0 atom stereocenters. The maximum Gasteiger partial charge on any atom is -0.0111 e. The van der Waals surface area contributed by atoms with Crippen LogP contribution in [0.5, 0.6) is 0 Å². The molecule has 0 aliphatic heterocycles. The second-order valence-corrected chi connectivity index (χ2v) is 5.08. The van der Waals surface area contributed by atoms with Crippen LogP contribution in [0.3, 0.4) is 0 Å². The molecule has 3 aromatic carbocycles. The molecule has 0 heteroatoms. The van der Waals surface area contributed by atoms with Crippen LogP contribution in [-0.4, -0.2) is 0 Å². The molecule has 0 saturated heterocycles. The van der Waals surface area contributed by atoms with Crippen molar-refractivity contribution >= 4 is 11.6 Å².